The summed E-state index contributed by atoms with van der Waals surface area (Å²) in [7, 11) is 0.0123. The van der Waals surface area contributed by atoms with Crippen LogP contribution in [0.15, 0.2) is 61.1 Å². The Morgan fingerprint density at radius 3 is 2.79 bits per heavy atom. The van der Waals surface area contributed by atoms with Gasteiger partial charge in [-0.2, -0.15) is 5.10 Å². The smallest absolute Gasteiger partial charge is 0.508 e. The fourth-order valence-electron chi connectivity index (χ4n) is 3.28. The molecule has 0 aliphatic rings. The summed E-state index contributed by atoms with van der Waals surface area (Å²) in [5, 5.41) is 16.3. The number of hydrogen-bond acceptors (Lipinski definition) is 7. The Bertz CT molecular complexity index is 1180. The molecular weight excluding hydrogens is 371 g/mol. The quantitative estimate of drug-likeness (QED) is 0.381. The van der Waals surface area contributed by atoms with E-state index in [9.17, 15) is 9.82 Å². The molecule has 0 atom stereocenters. The van der Waals surface area contributed by atoms with E-state index in [1.165, 1.54) is 7.11 Å². The van der Waals surface area contributed by atoms with Crippen molar-refractivity contribution in [3.63, 3.8) is 0 Å². The lowest BCUT2D eigenvalue weighted by Gasteiger charge is -2.17. The van der Waals surface area contributed by atoms with Crippen LogP contribution in [0.2, 0.25) is 0 Å². The second-order valence-electron chi connectivity index (χ2n) is 6.28. The Kier molecular flexibility index (Phi) is 4.88. The van der Waals surface area contributed by atoms with Crippen LogP contribution in [-0.4, -0.2) is 40.5 Å². The van der Waals surface area contributed by atoms with Crippen LogP contribution in [0.3, 0.4) is 0 Å². The van der Waals surface area contributed by atoms with Gasteiger partial charge in [0, 0.05) is 41.1 Å². The maximum atomic E-state index is 10.7. The van der Waals surface area contributed by atoms with Crippen molar-refractivity contribution < 1.29 is 19.2 Å². The molecule has 0 saturated carbocycles. The molecule has 0 aliphatic heterocycles. The van der Waals surface area contributed by atoms with Crippen molar-refractivity contribution in [3.8, 4) is 22.6 Å². The molecule has 0 spiro atoms. The molecule has 2 aromatic heterocycles. The van der Waals surface area contributed by atoms with E-state index in [1.807, 2.05) is 24.3 Å². The van der Waals surface area contributed by atoms with Gasteiger partial charge in [-0.3, -0.25) is 4.79 Å². The molecule has 0 saturated heterocycles. The largest absolute Gasteiger partial charge is 0.565 e. The van der Waals surface area contributed by atoms with Gasteiger partial charge in [0.25, 0.3) is 6.47 Å². The fraction of sp³-hybridized carbons (Fsp3) is 0.0500. The van der Waals surface area contributed by atoms with Gasteiger partial charge in [0.2, 0.25) is 0 Å². The highest BCUT2D eigenvalue weighted by atomic mass is 16.6. The molecule has 144 valence electrons. The Morgan fingerprint density at radius 1 is 1.21 bits per heavy atom. The Balaban J connectivity index is 1.97. The molecule has 3 N–H and O–H groups in total. The highest BCUT2D eigenvalue weighted by Gasteiger charge is 2.26. The van der Waals surface area contributed by atoms with Crippen molar-refractivity contribution in [3.05, 3.63) is 61.1 Å². The van der Waals surface area contributed by atoms with E-state index in [4.69, 9.17) is 15.1 Å². The summed E-state index contributed by atoms with van der Waals surface area (Å²) in [6.07, 6.45) is 5.12. The lowest BCUT2D eigenvalue weighted by molar-refractivity contribution is -0.121. The van der Waals surface area contributed by atoms with Crippen LogP contribution in [0.4, 0.5) is 5.82 Å². The molecule has 29 heavy (non-hydrogen) atoms. The number of aromatic nitrogens is 3. The third-order valence-electron chi connectivity index (χ3n) is 4.66. The first kappa shape index (κ1) is 18.5. The highest BCUT2D eigenvalue weighted by molar-refractivity contribution is 6.62. The fourth-order valence-corrected chi connectivity index (χ4v) is 3.28. The van der Waals surface area contributed by atoms with Crippen molar-refractivity contribution in [2.45, 2.75) is 0 Å². The van der Waals surface area contributed by atoms with Crippen LogP contribution < -0.4 is 15.9 Å². The number of nitrogens with zero attached hydrogens (tertiary/aromatic N) is 3. The SMILES string of the molecule is COc1cc(-n2cccn2)c(-c2ccc3c(N)nccc3c2)cc1B(O)OC=O. The van der Waals surface area contributed by atoms with Crippen LogP contribution in [0.25, 0.3) is 27.6 Å². The molecule has 9 heteroatoms. The minimum atomic E-state index is -1.46. The lowest BCUT2D eigenvalue weighted by atomic mass is 9.77. The zero-order valence-corrected chi connectivity index (χ0v) is 15.5. The summed E-state index contributed by atoms with van der Waals surface area (Å²) < 4.78 is 11.8. The molecule has 4 aromatic rings. The number of methoxy groups -OCH3 is 1. The molecule has 0 aliphatic carbocycles. The number of benzene rings is 2. The Morgan fingerprint density at radius 2 is 2.07 bits per heavy atom. The normalized spacial score (nSPS) is 10.7. The molecule has 0 bridgehead atoms. The summed E-state index contributed by atoms with van der Waals surface area (Å²) in [4.78, 5) is 14.8. The van der Waals surface area contributed by atoms with E-state index in [-0.39, 0.29) is 6.47 Å². The van der Waals surface area contributed by atoms with Crippen LogP contribution in [-0.2, 0) is 9.45 Å². The number of carbonyl (C=O) groups excluding carboxylic acids is 1. The standard InChI is InChI=1S/C20H17BN4O4/c1-28-19-11-18(25-8-2-6-24-25)16(10-17(19)21(27)29-12-26)13-3-4-15-14(9-13)5-7-23-20(15)22/h2-12,27H,1H3,(H2,22,23). The summed E-state index contributed by atoms with van der Waals surface area (Å²) in [6.45, 7) is 0.191. The number of anilines is 1. The first-order valence-corrected chi connectivity index (χ1v) is 8.76. The number of rotatable bonds is 6. The van der Waals surface area contributed by atoms with E-state index in [0.717, 1.165) is 27.6 Å². The first-order valence-electron chi connectivity index (χ1n) is 8.76. The maximum absolute atomic E-state index is 10.7. The average Bonchev–Trinajstić information content (AvgIpc) is 3.27. The Hall–Kier alpha value is -3.85. The van der Waals surface area contributed by atoms with Gasteiger partial charge in [-0.05, 0) is 35.2 Å². The molecule has 0 unspecified atom stereocenters. The van der Waals surface area contributed by atoms with Crippen molar-refractivity contribution in [1.82, 2.24) is 14.8 Å². The Labute approximate surface area is 166 Å². The monoisotopic (exact) mass is 388 g/mol. The summed E-state index contributed by atoms with van der Waals surface area (Å²) in [6, 6.07) is 12.9. The van der Waals surface area contributed by atoms with E-state index in [0.29, 0.717) is 17.0 Å². The van der Waals surface area contributed by atoms with Gasteiger partial charge in [0.1, 0.15) is 11.6 Å². The van der Waals surface area contributed by atoms with E-state index >= 15 is 0 Å². The van der Waals surface area contributed by atoms with Crippen molar-refractivity contribution in [1.29, 1.82) is 0 Å². The number of hydrogen-bond donors (Lipinski definition) is 2. The maximum Gasteiger partial charge on any atom is 0.565 e. The zero-order chi connectivity index (χ0) is 20.4. The van der Waals surface area contributed by atoms with Gasteiger partial charge >= 0.3 is 7.12 Å². The summed E-state index contributed by atoms with van der Waals surface area (Å²) in [5.41, 5.74) is 8.63. The van der Waals surface area contributed by atoms with Crippen LogP contribution in [0.5, 0.6) is 5.75 Å². The predicted octanol–water partition coefficient (Wildman–Crippen LogP) is 1.54. The number of nitrogen functional groups attached to an aromatic ring is 1. The second kappa shape index (κ2) is 7.65. The first-order chi connectivity index (χ1) is 14.1. The molecule has 2 heterocycles. The minimum Gasteiger partial charge on any atom is -0.508 e. The van der Waals surface area contributed by atoms with E-state index < -0.39 is 7.12 Å². The van der Waals surface area contributed by atoms with Gasteiger partial charge in [-0.25, -0.2) is 9.67 Å². The van der Waals surface area contributed by atoms with Gasteiger partial charge in [-0.15, -0.1) is 0 Å². The highest BCUT2D eigenvalue weighted by Crippen LogP contribution is 2.32. The topological polar surface area (TPSA) is 112 Å². The molecule has 8 nitrogen and oxygen atoms in total. The molecule has 0 amide bonds. The average molecular weight is 388 g/mol. The molecule has 0 fully saturated rings. The van der Waals surface area contributed by atoms with E-state index in [2.05, 4.69) is 10.1 Å². The number of ether oxygens (including phenoxy) is 1. The molecule has 0 radical (unpaired) electrons. The second-order valence-corrected chi connectivity index (χ2v) is 6.28. The van der Waals surface area contributed by atoms with Crippen molar-refractivity contribution in [2.75, 3.05) is 12.8 Å². The third-order valence-corrected chi connectivity index (χ3v) is 4.66. The molecule has 4 rings (SSSR count). The number of pyridine rings is 1. The molecule has 2 aromatic carbocycles. The van der Waals surface area contributed by atoms with Gasteiger partial charge in [-0.1, -0.05) is 12.1 Å². The summed E-state index contributed by atoms with van der Waals surface area (Å²) >= 11 is 0. The van der Waals surface area contributed by atoms with Crippen LogP contribution in [0, 0.1) is 0 Å². The molecular formula is C20H17BN4O4. The van der Waals surface area contributed by atoms with Crippen molar-refractivity contribution in [2.24, 2.45) is 0 Å². The third kappa shape index (κ3) is 3.39. The van der Waals surface area contributed by atoms with Crippen LogP contribution >= 0.6 is 0 Å². The van der Waals surface area contributed by atoms with Crippen molar-refractivity contribution >= 4 is 35.6 Å². The zero-order valence-electron chi connectivity index (χ0n) is 15.5. The minimum absolute atomic E-state index is 0.191. The lowest BCUT2D eigenvalue weighted by Crippen LogP contribution is -2.34. The van der Waals surface area contributed by atoms with Gasteiger partial charge in [0.05, 0.1) is 12.8 Å². The predicted molar refractivity (Wildman–Crippen MR) is 110 cm³/mol. The van der Waals surface area contributed by atoms with Crippen LogP contribution in [0.1, 0.15) is 0 Å². The van der Waals surface area contributed by atoms with Gasteiger partial charge in [0.15, 0.2) is 0 Å². The van der Waals surface area contributed by atoms with Gasteiger partial charge < -0.3 is 20.1 Å². The summed E-state index contributed by atoms with van der Waals surface area (Å²) in [5.74, 6) is 0.814. The number of carbonyl (C=O) groups is 1. The van der Waals surface area contributed by atoms with E-state index in [1.54, 1.807) is 41.5 Å². The number of fused-ring (bicyclic) bond motifs is 1. The number of nitrogens with two attached hydrogens (primary N) is 1.